The van der Waals surface area contributed by atoms with Crippen LogP contribution in [0.3, 0.4) is 0 Å². The Kier molecular flexibility index (Phi) is 6.12. The Morgan fingerprint density at radius 3 is 2.44 bits per heavy atom. The second-order valence-electron chi connectivity index (χ2n) is 8.94. The topological polar surface area (TPSA) is 85.3 Å². The van der Waals surface area contributed by atoms with Crippen LogP contribution in [0.2, 0.25) is 0 Å². The SMILES string of the molecule is N[C@H](c1cn2ccc([C@@H](NC(=O)CCC(F)(F)F)C3CC3)nc2n1)C1CCC(F)(F)CC1. The van der Waals surface area contributed by atoms with E-state index in [0.717, 1.165) is 12.8 Å². The normalized spacial score (nSPS) is 21.4. The van der Waals surface area contributed by atoms with Gasteiger partial charge in [0.1, 0.15) is 0 Å². The molecule has 2 fully saturated rings. The van der Waals surface area contributed by atoms with Crippen LogP contribution in [0.5, 0.6) is 0 Å². The summed E-state index contributed by atoms with van der Waals surface area (Å²) in [6, 6.07) is 0.741. The molecule has 6 nitrogen and oxygen atoms in total. The summed E-state index contributed by atoms with van der Waals surface area (Å²) in [6.45, 7) is 0. The quantitative estimate of drug-likeness (QED) is 0.599. The second-order valence-corrected chi connectivity index (χ2v) is 8.94. The van der Waals surface area contributed by atoms with Gasteiger partial charge in [0.15, 0.2) is 0 Å². The van der Waals surface area contributed by atoms with Crippen molar-refractivity contribution in [2.75, 3.05) is 0 Å². The van der Waals surface area contributed by atoms with Crippen molar-refractivity contribution >= 4 is 11.7 Å². The van der Waals surface area contributed by atoms with E-state index in [1.807, 2.05) is 0 Å². The first-order valence-corrected chi connectivity index (χ1v) is 10.9. The van der Waals surface area contributed by atoms with Crippen molar-refractivity contribution in [3.63, 3.8) is 0 Å². The van der Waals surface area contributed by atoms with Crippen LogP contribution in [0.4, 0.5) is 22.0 Å². The van der Waals surface area contributed by atoms with Gasteiger partial charge in [-0.3, -0.25) is 9.20 Å². The number of aromatic nitrogens is 3. The summed E-state index contributed by atoms with van der Waals surface area (Å²) < 4.78 is 65.8. The number of imidazole rings is 1. The molecule has 4 rings (SSSR count). The van der Waals surface area contributed by atoms with Crippen LogP contribution in [0, 0.1) is 11.8 Å². The number of nitrogens with one attached hydrogen (secondary N) is 1. The molecule has 2 atom stereocenters. The molecule has 32 heavy (non-hydrogen) atoms. The third-order valence-corrected chi connectivity index (χ3v) is 6.34. The zero-order chi connectivity index (χ0) is 23.1. The second kappa shape index (κ2) is 8.57. The minimum Gasteiger partial charge on any atom is -0.347 e. The fourth-order valence-corrected chi connectivity index (χ4v) is 4.26. The molecule has 3 N–H and O–H groups in total. The highest BCUT2D eigenvalue weighted by atomic mass is 19.4. The van der Waals surface area contributed by atoms with Gasteiger partial charge in [0.05, 0.1) is 29.9 Å². The molecule has 2 aliphatic rings. The monoisotopic (exact) mass is 459 g/mol. The minimum atomic E-state index is -4.39. The van der Waals surface area contributed by atoms with Crippen LogP contribution < -0.4 is 11.1 Å². The van der Waals surface area contributed by atoms with Gasteiger partial charge in [0.2, 0.25) is 17.6 Å². The van der Waals surface area contributed by atoms with E-state index in [0.29, 0.717) is 30.0 Å². The molecule has 0 spiro atoms. The minimum absolute atomic E-state index is 0.0915. The highest BCUT2D eigenvalue weighted by Crippen LogP contribution is 2.42. The molecular weight excluding hydrogens is 433 g/mol. The summed E-state index contributed by atoms with van der Waals surface area (Å²) in [5, 5.41) is 2.69. The number of carbonyl (C=O) groups is 1. The number of amides is 1. The molecule has 0 saturated heterocycles. The van der Waals surface area contributed by atoms with Gasteiger partial charge in [-0.25, -0.2) is 18.7 Å². The molecule has 0 radical (unpaired) electrons. The van der Waals surface area contributed by atoms with E-state index in [4.69, 9.17) is 5.73 Å². The maximum Gasteiger partial charge on any atom is 0.389 e. The number of fused-ring (bicyclic) bond motifs is 1. The number of hydrogen-bond acceptors (Lipinski definition) is 4. The average Bonchev–Trinajstić information content (AvgIpc) is 3.47. The lowest BCUT2D eigenvalue weighted by Gasteiger charge is -2.31. The van der Waals surface area contributed by atoms with Gasteiger partial charge in [-0.2, -0.15) is 13.2 Å². The third-order valence-electron chi connectivity index (χ3n) is 6.34. The van der Waals surface area contributed by atoms with E-state index in [2.05, 4.69) is 15.3 Å². The Hall–Kier alpha value is -2.30. The zero-order valence-corrected chi connectivity index (χ0v) is 17.4. The van der Waals surface area contributed by atoms with Gasteiger partial charge in [-0.05, 0) is 43.6 Å². The summed E-state index contributed by atoms with van der Waals surface area (Å²) in [7, 11) is 0. The molecule has 1 amide bonds. The average molecular weight is 459 g/mol. The van der Waals surface area contributed by atoms with Crippen molar-refractivity contribution in [1.82, 2.24) is 19.7 Å². The molecule has 0 unspecified atom stereocenters. The highest BCUT2D eigenvalue weighted by molar-refractivity contribution is 5.76. The van der Waals surface area contributed by atoms with Crippen molar-refractivity contribution in [3.05, 3.63) is 29.8 Å². The van der Waals surface area contributed by atoms with Gasteiger partial charge in [-0.1, -0.05) is 0 Å². The Balaban J connectivity index is 1.47. The van der Waals surface area contributed by atoms with Gasteiger partial charge in [0, 0.05) is 31.7 Å². The van der Waals surface area contributed by atoms with E-state index in [1.165, 1.54) is 0 Å². The fraction of sp³-hybridized carbons (Fsp3) is 0.667. The number of nitrogens with zero attached hydrogens (tertiary/aromatic N) is 3. The molecule has 176 valence electrons. The van der Waals surface area contributed by atoms with E-state index in [1.54, 1.807) is 22.9 Å². The highest BCUT2D eigenvalue weighted by Gasteiger charge is 2.38. The molecule has 0 aliphatic heterocycles. The zero-order valence-electron chi connectivity index (χ0n) is 17.4. The van der Waals surface area contributed by atoms with Crippen LogP contribution in [-0.2, 0) is 4.79 Å². The fourth-order valence-electron chi connectivity index (χ4n) is 4.26. The molecule has 2 aliphatic carbocycles. The van der Waals surface area contributed by atoms with E-state index in [-0.39, 0.29) is 24.7 Å². The van der Waals surface area contributed by atoms with Gasteiger partial charge in [0.25, 0.3) is 0 Å². The molecular formula is C21H26F5N5O. The number of rotatable bonds is 7. The van der Waals surface area contributed by atoms with E-state index >= 15 is 0 Å². The van der Waals surface area contributed by atoms with Gasteiger partial charge in [-0.15, -0.1) is 0 Å². The summed E-state index contributed by atoms with van der Waals surface area (Å²) in [6.07, 6.45) is -0.746. The Morgan fingerprint density at radius 1 is 1.16 bits per heavy atom. The smallest absolute Gasteiger partial charge is 0.347 e. The van der Waals surface area contributed by atoms with Crippen molar-refractivity contribution in [2.24, 2.45) is 17.6 Å². The lowest BCUT2D eigenvalue weighted by molar-refractivity contribution is -0.144. The number of alkyl halides is 5. The Labute approximate surface area is 181 Å². The molecule has 11 heteroatoms. The first kappa shape index (κ1) is 22.9. The molecule has 2 aromatic heterocycles. The molecule has 0 bridgehead atoms. The summed E-state index contributed by atoms with van der Waals surface area (Å²) in [5.74, 6) is -2.91. The van der Waals surface area contributed by atoms with Crippen LogP contribution >= 0.6 is 0 Å². The van der Waals surface area contributed by atoms with Crippen molar-refractivity contribution < 1.29 is 26.7 Å². The summed E-state index contributed by atoms with van der Waals surface area (Å²) >= 11 is 0. The van der Waals surface area contributed by atoms with Crippen LogP contribution in [0.15, 0.2) is 18.5 Å². The number of nitrogens with two attached hydrogens (primary N) is 1. The number of hydrogen-bond donors (Lipinski definition) is 2. The van der Waals surface area contributed by atoms with Crippen LogP contribution in [-0.4, -0.2) is 32.4 Å². The van der Waals surface area contributed by atoms with Crippen molar-refractivity contribution in [1.29, 1.82) is 0 Å². The predicted octanol–water partition coefficient (Wildman–Crippen LogP) is 4.46. The summed E-state index contributed by atoms with van der Waals surface area (Å²) in [5.41, 5.74) is 7.40. The molecule has 2 aromatic rings. The first-order chi connectivity index (χ1) is 15.0. The Bertz CT molecular complexity index is 961. The largest absolute Gasteiger partial charge is 0.389 e. The van der Waals surface area contributed by atoms with Crippen LogP contribution in [0.1, 0.15) is 74.8 Å². The van der Waals surface area contributed by atoms with E-state index in [9.17, 15) is 26.7 Å². The maximum absolute atomic E-state index is 13.4. The van der Waals surface area contributed by atoms with E-state index < -0.39 is 42.9 Å². The van der Waals surface area contributed by atoms with Gasteiger partial charge < -0.3 is 11.1 Å². The predicted molar refractivity (Wildman–Crippen MR) is 106 cm³/mol. The Morgan fingerprint density at radius 2 is 1.81 bits per heavy atom. The van der Waals surface area contributed by atoms with Crippen LogP contribution in [0.25, 0.3) is 5.78 Å². The number of carbonyl (C=O) groups excluding carboxylic acids is 1. The first-order valence-electron chi connectivity index (χ1n) is 10.9. The van der Waals surface area contributed by atoms with Gasteiger partial charge >= 0.3 is 6.18 Å². The molecule has 0 aromatic carbocycles. The third kappa shape index (κ3) is 5.54. The summed E-state index contributed by atoms with van der Waals surface area (Å²) in [4.78, 5) is 21.0. The number of halogens is 5. The van der Waals surface area contributed by atoms with Crippen molar-refractivity contribution in [3.8, 4) is 0 Å². The maximum atomic E-state index is 13.4. The lowest BCUT2D eigenvalue weighted by atomic mass is 9.81. The lowest BCUT2D eigenvalue weighted by Crippen LogP contribution is -2.31. The molecule has 2 saturated carbocycles. The molecule has 2 heterocycles. The standard InChI is InChI=1S/C21H26F5N5O/c22-20(23)7-3-12(4-8-20)17(27)15-11-31-10-6-14(28-19(31)29-15)18(13-1-2-13)30-16(32)5-9-21(24,25)26/h6,10-13,17-18H,1-5,7-9,27H2,(H,30,32)/t17-,18-/m0/s1. The van der Waals surface area contributed by atoms with Crippen molar-refractivity contribution in [2.45, 2.75) is 75.5 Å².